The Balaban J connectivity index is 2.06. The van der Waals surface area contributed by atoms with Crippen molar-refractivity contribution in [2.45, 2.75) is 71.3 Å². The van der Waals surface area contributed by atoms with Gasteiger partial charge in [-0.15, -0.1) is 0 Å². The number of hydrogen-bond donors (Lipinski definition) is 1. The van der Waals surface area contributed by atoms with E-state index in [1.807, 2.05) is 0 Å². The van der Waals surface area contributed by atoms with E-state index in [4.69, 9.17) is 0 Å². The first-order valence-corrected chi connectivity index (χ1v) is 8.18. The number of rotatable bonds is 9. The maximum absolute atomic E-state index is 3.57. The van der Waals surface area contributed by atoms with E-state index in [2.05, 4.69) is 31.1 Å². The summed E-state index contributed by atoms with van der Waals surface area (Å²) < 4.78 is 0. The summed E-state index contributed by atoms with van der Waals surface area (Å²) >= 11 is 0. The van der Waals surface area contributed by atoms with Crippen molar-refractivity contribution >= 4 is 0 Å². The van der Waals surface area contributed by atoms with Gasteiger partial charge >= 0.3 is 0 Å². The summed E-state index contributed by atoms with van der Waals surface area (Å²) in [5.74, 6) is 0.986. The second-order valence-corrected chi connectivity index (χ2v) is 6.07. The fraction of sp³-hybridized carbons (Fsp3) is 1.00. The molecule has 1 aliphatic carbocycles. The van der Waals surface area contributed by atoms with E-state index in [-0.39, 0.29) is 0 Å². The van der Waals surface area contributed by atoms with E-state index < -0.39 is 0 Å². The van der Waals surface area contributed by atoms with Crippen LogP contribution in [0, 0.1) is 5.92 Å². The van der Waals surface area contributed by atoms with E-state index >= 15 is 0 Å². The predicted octanol–water partition coefficient (Wildman–Crippen LogP) is 3.67. The molecule has 1 rings (SSSR count). The quantitative estimate of drug-likeness (QED) is 0.675. The molecule has 18 heavy (non-hydrogen) atoms. The van der Waals surface area contributed by atoms with Crippen LogP contribution >= 0.6 is 0 Å². The Morgan fingerprint density at radius 1 is 1.17 bits per heavy atom. The molecule has 0 spiro atoms. The van der Waals surface area contributed by atoms with Crippen molar-refractivity contribution in [1.29, 1.82) is 0 Å². The summed E-state index contributed by atoms with van der Waals surface area (Å²) in [5, 5.41) is 3.57. The molecule has 0 radical (unpaired) electrons. The lowest BCUT2D eigenvalue weighted by atomic mass is 9.89. The SMILES string of the molecule is CCNC(CC)CCCN(C)CC1CCCCC1. The van der Waals surface area contributed by atoms with Crippen LogP contribution in [-0.2, 0) is 0 Å². The minimum Gasteiger partial charge on any atom is -0.314 e. The number of nitrogens with zero attached hydrogens (tertiary/aromatic N) is 1. The summed E-state index contributed by atoms with van der Waals surface area (Å²) in [7, 11) is 2.31. The maximum Gasteiger partial charge on any atom is 0.00647 e. The average Bonchev–Trinajstić information content (AvgIpc) is 2.39. The maximum atomic E-state index is 3.57. The van der Waals surface area contributed by atoms with Crippen LogP contribution in [-0.4, -0.2) is 37.6 Å². The molecular weight excluding hydrogens is 220 g/mol. The highest BCUT2D eigenvalue weighted by molar-refractivity contribution is 4.70. The Hall–Kier alpha value is -0.0800. The highest BCUT2D eigenvalue weighted by Gasteiger charge is 2.15. The molecule has 108 valence electrons. The molecule has 1 atom stereocenters. The lowest BCUT2D eigenvalue weighted by Crippen LogP contribution is -2.31. The zero-order valence-electron chi connectivity index (χ0n) is 12.9. The predicted molar refractivity (Wildman–Crippen MR) is 81.1 cm³/mol. The molecule has 0 aromatic heterocycles. The Morgan fingerprint density at radius 2 is 1.89 bits per heavy atom. The highest BCUT2D eigenvalue weighted by Crippen LogP contribution is 2.24. The largest absolute Gasteiger partial charge is 0.314 e. The minimum absolute atomic E-state index is 0.734. The summed E-state index contributed by atoms with van der Waals surface area (Å²) in [4.78, 5) is 2.56. The molecule has 0 bridgehead atoms. The van der Waals surface area contributed by atoms with Gasteiger partial charge in [-0.05, 0) is 58.2 Å². The minimum atomic E-state index is 0.734. The van der Waals surface area contributed by atoms with Crippen molar-refractivity contribution in [2.24, 2.45) is 5.92 Å². The molecule has 1 N–H and O–H groups in total. The highest BCUT2D eigenvalue weighted by atomic mass is 15.1. The van der Waals surface area contributed by atoms with Gasteiger partial charge in [0.05, 0.1) is 0 Å². The van der Waals surface area contributed by atoms with Crippen molar-refractivity contribution in [3.8, 4) is 0 Å². The summed E-state index contributed by atoms with van der Waals surface area (Å²) in [5.41, 5.74) is 0. The molecule has 1 fully saturated rings. The topological polar surface area (TPSA) is 15.3 Å². The van der Waals surface area contributed by atoms with E-state index in [0.717, 1.165) is 18.5 Å². The molecule has 0 aliphatic heterocycles. The van der Waals surface area contributed by atoms with Crippen LogP contribution in [0.25, 0.3) is 0 Å². The molecule has 0 aromatic rings. The van der Waals surface area contributed by atoms with E-state index in [9.17, 15) is 0 Å². The summed E-state index contributed by atoms with van der Waals surface area (Å²) in [6.45, 7) is 8.21. The van der Waals surface area contributed by atoms with E-state index in [1.165, 1.54) is 64.5 Å². The molecule has 2 heteroatoms. The van der Waals surface area contributed by atoms with Crippen LogP contribution in [0.1, 0.15) is 65.2 Å². The van der Waals surface area contributed by atoms with Crippen molar-refractivity contribution in [2.75, 3.05) is 26.7 Å². The van der Waals surface area contributed by atoms with Gasteiger partial charge < -0.3 is 10.2 Å². The third-order valence-corrected chi connectivity index (χ3v) is 4.37. The Labute approximate surface area is 115 Å². The zero-order valence-corrected chi connectivity index (χ0v) is 12.9. The molecule has 0 heterocycles. The average molecular weight is 254 g/mol. The van der Waals surface area contributed by atoms with Crippen LogP contribution in [0.2, 0.25) is 0 Å². The van der Waals surface area contributed by atoms with Gasteiger partial charge in [-0.1, -0.05) is 33.1 Å². The van der Waals surface area contributed by atoms with Gasteiger partial charge in [0.1, 0.15) is 0 Å². The van der Waals surface area contributed by atoms with Crippen molar-refractivity contribution in [3.63, 3.8) is 0 Å². The first-order valence-electron chi connectivity index (χ1n) is 8.18. The Bertz CT molecular complexity index is 188. The number of nitrogens with one attached hydrogen (secondary N) is 1. The fourth-order valence-corrected chi connectivity index (χ4v) is 3.25. The van der Waals surface area contributed by atoms with Gasteiger partial charge in [0.15, 0.2) is 0 Å². The third-order valence-electron chi connectivity index (χ3n) is 4.37. The molecule has 1 saturated carbocycles. The van der Waals surface area contributed by atoms with Gasteiger partial charge in [-0.2, -0.15) is 0 Å². The summed E-state index contributed by atoms with van der Waals surface area (Å²) in [6, 6.07) is 0.734. The van der Waals surface area contributed by atoms with Crippen LogP contribution in [0.15, 0.2) is 0 Å². The molecule has 1 aliphatic rings. The molecule has 0 saturated heterocycles. The Kier molecular flexibility index (Phi) is 8.70. The van der Waals surface area contributed by atoms with Gasteiger partial charge in [0, 0.05) is 12.6 Å². The fourth-order valence-electron chi connectivity index (χ4n) is 3.25. The van der Waals surface area contributed by atoms with Crippen LogP contribution < -0.4 is 5.32 Å². The van der Waals surface area contributed by atoms with Crippen molar-refractivity contribution in [1.82, 2.24) is 10.2 Å². The summed E-state index contributed by atoms with van der Waals surface area (Å²) in [6.07, 6.45) is 11.3. The van der Waals surface area contributed by atoms with Crippen LogP contribution in [0.5, 0.6) is 0 Å². The van der Waals surface area contributed by atoms with Crippen molar-refractivity contribution < 1.29 is 0 Å². The van der Waals surface area contributed by atoms with Crippen molar-refractivity contribution in [3.05, 3.63) is 0 Å². The molecular formula is C16H34N2. The molecule has 0 amide bonds. The monoisotopic (exact) mass is 254 g/mol. The molecule has 0 aromatic carbocycles. The lowest BCUT2D eigenvalue weighted by molar-refractivity contribution is 0.228. The molecule has 1 unspecified atom stereocenters. The first kappa shape index (κ1) is 16.0. The van der Waals surface area contributed by atoms with Crippen LogP contribution in [0.4, 0.5) is 0 Å². The first-order chi connectivity index (χ1) is 8.76. The van der Waals surface area contributed by atoms with Gasteiger partial charge in [0.2, 0.25) is 0 Å². The number of hydrogen-bond acceptors (Lipinski definition) is 2. The standard InChI is InChI=1S/C16H34N2/c1-4-16(17-5-2)12-9-13-18(3)14-15-10-7-6-8-11-15/h15-17H,4-14H2,1-3H3. The van der Waals surface area contributed by atoms with Crippen LogP contribution in [0.3, 0.4) is 0 Å². The second kappa shape index (κ2) is 9.80. The zero-order chi connectivity index (χ0) is 13.2. The van der Waals surface area contributed by atoms with Gasteiger partial charge in [-0.3, -0.25) is 0 Å². The van der Waals surface area contributed by atoms with E-state index in [1.54, 1.807) is 0 Å². The van der Waals surface area contributed by atoms with Gasteiger partial charge in [0.25, 0.3) is 0 Å². The normalized spacial score (nSPS) is 19.3. The van der Waals surface area contributed by atoms with Gasteiger partial charge in [-0.25, -0.2) is 0 Å². The second-order valence-electron chi connectivity index (χ2n) is 6.07. The lowest BCUT2D eigenvalue weighted by Gasteiger charge is -2.27. The Morgan fingerprint density at radius 3 is 2.50 bits per heavy atom. The van der Waals surface area contributed by atoms with E-state index in [0.29, 0.717) is 0 Å². The smallest absolute Gasteiger partial charge is 0.00647 e. The molecule has 2 nitrogen and oxygen atoms in total. The third kappa shape index (κ3) is 6.75.